The molecule has 1 aliphatic carbocycles. The Labute approximate surface area is 353 Å². The molecule has 0 radical (unpaired) electrons. The van der Waals surface area contributed by atoms with Gasteiger partial charge in [0.1, 0.15) is 18.1 Å². The number of amides is 3. The summed E-state index contributed by atoms with van der Waals surface area (Å²) < 4.78 is 53.1. The summed E-state index contributed by atoms with van der Waals surface area (Å²) in [4.78, 5) is 58.3. The van der Waals surface area contributed by atoms with Gasteiger partial charge in [0.05, 0.1) is 42.9 Å². The summed E-state index contributed by atoms with van der Waals surface area (Å²) in [6.07, 6.45) is 5.26. The molecular weight excluding hydrogens is 809 g/mol. The molecule has 1 saturated heterocycles. The molecule has 2 aliphatic rings. The van der Waals surface area contributed by atoms with Crippen molar-refractivity contribution >= 4 is 40.3 Å². The van der Waals surface area contributed by atoms with Gasteiger partial charge in [0, 0.05) is 44.4 Å². The Morgan fingerprint density at radius 1 is 1.00 bits per heavy atom. The molecule has 2 fully saturated rings. The van der Waals surface area contributed by atoms with Crippen LogP contribution in [0.25, 0.3) is 28.2 Å². The second kappa shape index (κ2) is 19.4. The van der Waals surface area contributed by atoms with E-state index in [0.717, 1.165) is 17.7 Å². The molecule has 6 aromatic rings. The highest BCUT2D eigenvalue weighted by molar-refractivity contribution is 6.03. The van der Waals surface area contributed by atoms with E-state index in [1.54, 1.807) is 36.5 Å². The van der Waals surface area contributed by atoms with E-state index in [9.17, 15) is 28.0 Å². The molecule has 5 heterocycles. The Kier molecular flexibility index (Phi) is 13.2. The minimum atomic E-state index is -2.94. The molecule has 3 amide bonds. The lowest BCUT2D eigenvalue weighted by atomic mass is 10.0. The number of alkyl halides is 2. The van der Waals surface area contributed by atoms with Gasteiger partial charge >= 0.3 is 5.76 Å². The van der Waals surface area contributed by atoms with E-state index in [1.165, 1.54) is 34.6 Å². The molecule has 4 aromatic heterocycles. The fourth-order valence-corrected chi connectivity index (χ4v) is 7.07. The third kappa shape index (κ3) is 10.3. The van der Waals surface area contributed by atoms with Gasteiger partial charge in [-0.25, -0.2) is 28.2 Å². The molecule has 1 unspecified atom stereocenters. The number of carbonyl (C=O) groups is 3. The molecule has 0 spiro atoms. The van der Waals surface area contributed by atoms with Gasteiger partial charge in [-0.3, -0.25) is 24.3 Å². The number of oxazole rings is 2. The highest BCUT2D eigenvalue weighted by Crippen LogP contribution is 2.31. The third-order valence-corrected chi connectivity index (χ3v) is 10.5. The number of imide groups is 1. The van der Waals surface area contributed by atoms with Crippen molar-refractivity contribution in [1.29, 1.82) is 0 Å². The summed E-state index contributed by atoms with van der Waals surface area (Å²) in [5.41, 5.74) is 3.07. The number of benzene rings is 2. The van der Waals surface area contributed by atoms with Crippen molar-refractivity contribution in [3.8, 4) is 17.1 Å². The molecule has 17 nitrogen and oxygen atoms in total. The van der Waals surface area contributed by atoms with Crippen molar-refractivity contribution in [2.45, 2.75) is 57.5 Å². The fraction of sp³-hybridized carbons (Fsp3) is 0.372. The maximum Gasteiger partial charge on any atom is 0.420 e. The van der Waals surface area contributed by atoms with Crippen molar-refractivity contribution in [3.05, 3.63) is 106 Å². The second-order valence-electron chi connectivity index (χ2n) is 15.1. The van der Waals surface area contributed by atoms with Gasteiger partial charge in [0.25, 0.3) is 12.3 Å². The lowest BCUT2D eigenvalue weighted by Gasteiger charge is -2.21. The molecular formula is C43H45F2N9O8. The van der Waals surface area contributed by atoms with E-state index < -0.39 is 35.7 Å². The number of rotatable bonds is 21. The number of halogens is 2. The molecule has 1 aliphatic heterocycles. The van der Waals surface area contributed by atoms with E-state index in [1.807, 2.05) is 24.3 Å². The summed E-state index contributed by atoms with van der Waals surface area (Å²) in [5.74, 6) is -0.691. The summed E-state index contributed by atoms with van der Waals surface area (Å²) in [7, 11) is 0. The predicted octanol–water partition coefficient (Wildman–Crippen LogP) is 5.58. The minimum absolute atomic E-state index is 0.0766. The topological polar surface area (TPSA) is 210 Å². The van der Waals surface area contributed by atoms with Crippen LogP contribution < -0.4 is 27.0 Å². The Morgan fingerprint density at radius 2 is 1.82 bits per heavy atom. The third-order valence-electron chi connectivity index (χ3n) is 10.5. The number of aromatic nitrogens is 5. The average Bonchev–Trinajstić information content (AvgIpc) is 3.61. The van der Waals surface area contributed by atoms with Crippen LogP contribution in [-0.4, -0.2) is 81.6 Å². The number of ether oxygens (including phenoxy) is 2. The number of carbonyl (C=O) groups excluding carboxylic acids is 3. The molecule has 8 rings (SSSR count). The summed E-state index contributed by atoms with van der Waals surface area (Å²) >= 11 is 0. The number of piperidine rings is 1. The number of nitrogens with one attached hydrogen (secondary N) is 4. The molecule has 19 heteroatoms. The number of hydrogen-bond donors (Lipinski definition) is 4. The van der Waals surface area contributed by atoms with Crippen molar-refractivity contribution in [2.24, 2.45) is 5.92 Å². The van der Waals surface area contributed by atoms with Crippen molar-refractivity contribution < 1.29 is 41.5 Å². The smallest absolute Gasteiger partial charge is 0.420 e. The maximum atomic E-state index is 14.0. The standard InChI is InChI=1S/C43H45F2N9O8/c44-39(45)37-31(49-40(56)32-25-61-42(50-32)29-14-15-47-35(21-29)48-23-27-6-7-27)24-53(52-37)30-10-8-26(9-11-30)22-46-16-18-60-20-19-59-17-2-4-28-3-1-5-33-38(28)62-43(58)54(33)34-12-13-36(55)51-41(34)57/h1,3,5,8-11,14-15,21,24-25,27,34,39,46H,2,4,6-7,12-13,16-20,22-23H2,(H,47,48)(H,49,56)(H,51,55,57). The first-order valence-electron chi connectivity index (χ1n) is 20.5. The van der Waals surface area contributed by atoms with Crippen LogP contribution in [0.5, 0.6) is 0 Å². The van der Waals surface area contributed by atoms with Gasteiger partial charge in [-0.1, -0.05) is 24.3 Å². The largest absolute Gasteiger partial charge is 0.444 e. The fourth-order valence-electron chi connectivity index (χ4n) is 7.07. The molecule has 62 heavy (non-hydrogen) atoms. The number of nitrogens with zero attached hydrogens (tertiary/aromatic N) is 5. The van der Waals surface area contributed by atoms with Gasteiger partial charge in [-0.15, -0.1) is 0 Å². The van der Waals surface area contributed by atoms with Crippen LogP contribution >= 0.6 is 0 Å². The first-order chi connectivity index (χ1) is 30.2. The SMILES string of the molecule is O=C1CCC(n2c(=O)oc3c(CCCOCCOCCNCc4ccc(-n5cc(NC(=O)c6coc(-c7ccnc(NCC8CC8)c7)n6)c(C(F)F)n5)cc4)cccc32)C(=O)N1. The summed E-state index contributed by atoms with van der Waals surface area (Å²) in [6, 6.07) is 15.3. The van der Waals surface area contributed by atoms with Crippen molar-refractivity contribution in [3.63, 3.8) is 0 Å². The predicted molar refractivity (Wildman–Crippen MR) is 221 cm³/mol. The zero-order chi connectivity index (χ0) is 43.0. The Bertz CT molecular complexity index is 2580. The number of para-hydroxylation sites is 1. The molecule has 0 bridgehead atoms. The Balaban J connectivity index is 0.733. The number of hydrogen-bond acceptors (Lipinski definition) is 13. The molecule has 4 N–H and O–H groups in total. The van der Waals surface area contributed by atoms with Crippen LogP contribution in [0.2, 0.25) is 0 Å². The van der Waals surface area contributed by atoms with Crippen molar-refractivity contribution in [2.75, 3.05) is 50.2 Å². The first kappa shape index (κ1) is 42.1. The Hall–Kier alpha value is -6.57. The number of anilines is 2. The van der Waals surface area contributed by atoms with E-state index in [-0.39, 0.29) is 36.0 Å². The van der Waals surface area contributed by atoms with Gasteiger partial charge in [0.2, 0.25) is 17.7 Å². The molecule has 2 aromatic carbocycles. The Morgan fingerprint density at radius 3 is 2.61 bits per heavy atom. The highest BCUT2D eigenvalue weighted by atomic mass is 19.3. The van der Waals surface area contributed by atoms with Crippen LogP contribution in [0.15, 0.2) is 86.9 Å². The van der Waals surface area contributed by atoms with Crippen LogP contribution in [0, 0.1) is 5.92 Å². The van der Waals surface area contributed by atoms with Crippen LogP contribution in [0.1, 0.15) is 71.9 Å². The van der Waals surface area contributed by atoms with E-state index in [2.05, 4.69) is 36.3 Å². The van der Waals surface area contributed by atoms with E-state index in [0.29, 0.717) is 86.4 Å². The molecule has 1 atom stereocenters. The molecule has 324 valence electrons. The lowest BCUT2D eigenvalue weighted by molar-refractivity contribution is -0.135. The van der Waals surface area contributed by atoms with Gasteiger partial charge in [-0.05, 0) is 79.5 Å². The van der Waals surface area contributed by atoms with E-state index in [4.69, 9.17) is 18.3 Å². The number of pyridine rings is 1. The highest BCUT2D eigenvalue weighted by Gasteiger charge is 2.32. The average molecular weight is 854 g/mol. The monoisotopic (exact) mass is 853 g/mol. The number of fused-ring (bicyclic) bond motifs is 1. The van der Waals surface area contributed by atoms with Crippen LogP contribution in [0.4, 0.5) is 20.3 Å². The van der Waals surface area contributed by atoms with Crippen LogP contribution in [0.3, 0.4) is 0 Å². The summed E-state index contributed by atoms with van der Waals surface area (Å²) in [6.45, 7) is 3.72. The van der Waals surface area contributed by atoms with Gasteiger partial charge in [-0.2, -0.15) is 5.10 Å². The first-order valence-corrected chi connectivity index (χ1v) is 20.5. The zero-order valence-corrected chi connectivity index (χ0v) is 33.6. The van der Waals surface area contributed by atoms with Gasteiger partial charge in [0.15, 0.2) is 17.0 Å². The van der Waals surface area contributed by atoms with Crippen molar-refractivity contribution in [1.82, 2.24) is 34.9 Å². The second-order valence-corrected chi connectivity index (χ2v) is 15.1. The zero-order valence-electron chi connectivity index (χ0n) is 33.6. The lowest BCUT2D eigenvalue weighted by Crippen LogP contribution is -2.43. The minimum Gasteiger partial charge on any atom is -0.444 e. The summed E-state index contributed by atoms with van der Waals surface area (Å²) in [5, 5.41) is 15.4. The number of aryl methyl sites for hydroxylation is 1. The van der Waals surface area contributed by atoms with Gasteiger partial charge < -0.3 is 34.3 Å². The quantitative estimate of drug-likeness (QED) is 0.0516. The molecule has 1 saturated carbocycles. The maximum absolute atomic E-state index is 14.0. The van der Waals surface area contributed by atoms with E-state index >= 15 is 0 Å². The normalized spacial score (nSPS) is 15.4. The van der Waals surface area contributed by atoms with Crippen LogP contribution in [-0.2, 0) is 32.0 Å².